The summed E-state index contributed by atoms with van der Waals surface area (Å²) in [6, 6.07) is 6.71. The van der Waals surface area contributed by atoms with Gasteiger partial charge >= 0.3 is 12.5 Å². The average molecular weight is 322 g/mol. The molecule has 0 aliphatic heterocycles. The Morgan fingerprint density at radius 3 is 2.09 bits per heavy atom. The van der Waals surface area contributed by atoms with Gasteiger partial charge in [0.25, 0.3) is 0 Å². The van der Waals surface area contributed by atoms with Crippen molar-refractivity contribution in [3.63, 3.8) is 0 Å². The van der Waals surface area contributed by atoms with Gasteiger partial charge in [-0.2, -0.15) is 13.2 Å². The minimum Gasteiger partial charge on any atom is -0.508 e. The van der Waals surface area contributed by atoms with Crippen LogP contribution >= 0.6 is 0 Å². The number of aromatic hydroxyl groups is 1. The third-order valence-electron chi connectivity index (χ3n) is 2.67. The Morgan fingerprint density at radius 1 is 0.864 bits per heavy atom. The van der Waals surface area contributed by atoms with E-state index in [9.17, 15) is 31.4 Å². The van der Waals surface area contributed by atoms with Crippen molar-refractivity contribution in [3.8, 4) is 22.6 Å². The number of alkyl halides is 6. The summed E-state index contributed by atoms with van der Waals surface area (Å²) in [5.41, 5.74) is -1.64. The predicted molar refractivity (Wildman–Crippen MR) is 65.2 cm³/mol. The van der Waals surface area contributed by atoms with Crippen LogP contribution in [-0.4, -0.2) is 11.5 Å². The van der Waals surface area contributed by atoms with E-state index in [0.717, 1.165) is 30.3 Å². The Labute approximate surface area is 120 Å². The van der Waals surface area contributed by atoms with Gasteiger partial charge < -0.3 is 9.84 Å². The molecule has 0 aliphatic carbocycles. The number of halogens is 6. The topological polar surface area (TPSA) is 29.5 Å². The van der Waals surface area contributed by atoms with Crippen LogP contribution in [0.1, 0.15) is 5.56 Å². The first-order valence-corrected chi connectivity index (χ1v) is 5.83. The fourth-order valence-corrected chi connectivity index (χ4v) is 1.91. The van der Waals surface area contributed by atoms with Gasteiger partial charge in [0.2, 0.25) is 0 Å². The normalized spacial score (nSPS) is 12.3. The minimum atomic E-state index is -5.02. The second-order valence-corrected chi connectivity index (χ2v) is 4.31. The summed E-state index contributed by atoms with van der Waals surface area (Å²) in [5, 5.41) is 9.42. The molecule has 0 heterocycles. The van der Waals surface area contributed by atoms with Crippen molar-refractivity contribution < 1.29 is 36.2 Å². The van der Waals surface area contributed by atoms with Gasteiger partial charge in [0.1, 0.15) is 11.5 Å². The summed E-state index contributed by atoms with van der Waals surface area (Å²) in [4.78, 5) is 0. The number of hydrogen-bond acceptors (Lipinski definition) is 2. The molecule has 0 saturated heterocycles. The lowest BCUT2D eigenvalue weighted by atomic mass is 9.99. The Morgan fingerprint density at radius 2 is 1.50 bits per heavy atom. The molecule has 0 aromatic heterocycles. The van der Waals surface area contributed by atoms with E-state index in [-0.39, 0.29) is 11.1 Å². The molecule has 0 saturated carbocycles. The van der Waals surface area contributed by atoms with Crippen LogP contribution in [0.5, 0.6) is 11.5 Å². The summed E-state index contributed by atoms with van der Waals surface area (Å²) in [7, 11) is 0. The SMILES string of the molecule is Oc1cc(OC(F)(F)F)cc(-c2ccccc2C(F)(F)F)c1. The van der Waals surface area contributed by atoms with E-state index in [1.807, 2.05) is 0 Å². The smallest absolute Gasteiger partial charge is 0.508 e. The first-order chi connectivity index (χ1) is 10.1. The Bertz CT molecular complexity index is 676. The summed E-state index contributed by atoms with van der Waals surface area (Å²) >= 11 is 0. The zero-order valence-corrected chi connectivity index (χ0v) is 10.7. The molecule has 1 N–H and O–H groups in total. The van der Waals surface area contributed by atoms with Crippen molar-refractivity contribution in [1.82, 2.24) is 0 Å². The molecule has 0 fully saturated rings. The van der Waals surface area contributed by atoms with Gasteiger partial charge in [-0.25, -0.2) is 0 Å². The second kappa shape index (κ2) is 5.43. The van der Waals surface area contributed by atoms with Gasteiger partial charge in [-0.3, -0.25) is 0 Å². The summed E-state index contributed by atoms with van der Waals surface area (Å²) in [6.45, 7) is 0. The van der Waals surface area contributed by atoms with E-state index < -0.39 is 29.6 Å². The number of benzene rings is 2. The van der Waals surface area contributed by atoms with Crippen molar-refractivity contribution in [2.75, 3.05) is 0 Å². The molecule has 0 unspecified atom stereocenters. The van der Waals surface area contributed by atoms with Crippen molar-refractivity contribution in [2.24, 2.45) is 0 Å². The maximum Gasteiger partial charge on any atom is 0.573 e. The van der Waals surface area contributed by atoms with Gasteiger partial charge in [-0.1, -0.05) is 18.2 Å². The van der Waals surface area contributed by atoms with Crippen molar-refractivity contribution in [3.05, 3.63) is 48.0 Å². The van der Waals surface area contributed by atoms with Crippen molar-refractivity contribution in [1.29, 1.82) is 0 Å². The molecule has 0 amide bonds. The molecular weight excluding hydrogens is 314 g/mol. The fraction of sp³-hybridized carbons (Fsp3) is 0.143. The van der Waals surface area contributed by atoms with E-state index in [0.29, 0.717) is 6.07 Å². The molecule has 8 heteroatoms. The van der Waals surface area contributed by atoms with E-state index in [4.69, 9.17) is 0 Å². The fourth-order valence-electron chi connectivity index (χ4n) is 1.91. The zero-order chi connectivity index (χ0) is 16.5. The second-order valence-electron chi connectivity index (χ2n) is 4.31. The van der Waals surface area contributed by atoms with Crippen LogP contribution in [0.2, 0.25) is 0 Å². The van der Waals surface area contributed by atoms with Crippen LogP contribution in [0, 0.1) is 0 Å². The van der Waals surface area contributed by atoms with Crippen LogP contribution in [0.15, 0.2) is 42.5 Å². The first kappa shape index (κ1) is 16.0. The lowest BCUT2D eigenvalue weighted by Crippen LogP contribution is -2.17. The number of ether oxygens (including phenoxy) is 1. The lowest BCUT2D eigenvalue weighted by Gasteiger charge is -2.15. The summed E-state index contributed by atoms with van der Waals surface area (Å²) < 4.78 is 79.0. The highest BCUT2D eigenvalue weighted by molar-refractivity contribution is 5.71. The number of phenols is 1. The summed E-state index contributed by atoms with van der Waals surface area (Å²) in [6.07, 6.45) is -9.71. The zero-order valence-electron chi connectivity index (χ0n) is 10.7. The molecule has 0 bridgehead atoms. The predicted octanol–water partition coefficient (Wildman–Crippen LogP) is 4.98. The van der Waals surface area contributed by atoms with Crippen LogP contribution in [-0.2, 0) is 6.18 Å². The Hall–Kier alpha value is -2.38. The number of rotatable bonds is 2. The molecule has 0 atom stereocenters. The molecule has 2 aromatic rings. The lowest BCUT2D eigenvalue weighted by molar-refractivity contribution is -0.274. The van der Waals surface area contributed by atoms with Gasteiger partial charge in [-0.15, -0.1) is 13.2 Å². The standard InChI is InChI=1S/C14H8F6O2/c15-13(16,17)12-4-2-1-3-11(12)8-5-9(21)7-10(6-8)22-14(18,19)20/h1-7,21H. The van der Waals surface area contributed by atoms with Gasteiger partial charge in [0.15, 0.2) is 0 Å². The Balaban J connectivity index is 2.55. The van der Waals surface area contributed by atoms with E-state index in [1.165, 1.54) is 6.07 Å². The molecule has 2 nitrogen and oxygen atoms in total. The number of phenolic OH excluding ortho intramolecular Hbond substituents is 1. The average Bonchev–Trinajstić information content (AvgIpc) is 2.35. The third-order valence-corrected chi connectivity index (χ3v) is 2.67. The van der Waals surface area contributed by atoms with Gasteiger partial charge in [0.05, 0.1) is 5.56 Å². The van der Waals surface area contributed by atoms with Crippen LogP contribution in [0.3, 0.4) is 0 Å². The Kier molecular flexibility index (Phi) is 3.95. The maximum atomic E-state index is 12.9. The van der Waals surface area contributed by atoms with Crippen LogP contribution in [0.4, 0.5) is 26.3 Å². The maximum absolute atomic E-state index is 12.9. The molecule has 2 rings (SSSR count). The molecule has 2 aromatic carbocycles. The largest absolute Gasteiger partial charge is 0.573 e. The number of hydrogen-bond donors (Lipinski definition) is 1. The third kappa shape index (κ3) is 3.84. The van der Waals surface area contributed by atoms with Gasteiger partial charge in [-0.05, 0) is 29.3 Å². The molecule has 0 radical (unpaired) electrons. The molecule has 0 spiro atoms. The quantitative estimate of drug-likeness (QED) is 0.791. The molecule has 118 valence electrons. The highest BCUT2D eigenvalue weighted by Gasteiger charge is 2.34. The van der Waals surface area contributed by atoms with Crippen molar-refractivity contribution >= 4 is 0 Å². The highest BCUT2D eigenvalue weighted by Crippen LogP contribution is 2.39. The monoisotopic (exact) mass is 322 g/mol. The van der Waals surface area contributed by atoms with E-state index in [2.05, 4.69) is 4.74 Å². The van der Waals surface area contributed by atoms with E-state index in [1.54, 1.807) is 0 Å². The highest BCUT2D eigenvalue weighted by atomic mass is 19.4. The van der Waals surface area contributed by atoms with Crippen molar-refractivity contribution in [2.45, 2.75) is 12.5 Å². The molecular formula is C14H8F6O2. The molecule has 0 aliphatic rings. The van der Waals surface area contributed by atoms with E-state index >= 15 is 0 Å². The van der Waals surface area contributed by atoms with Crippen LogP contribution in [0.25, 0.3) is 11.1 Å². The minimum absolute atomic E-state index is 0.243. The van der Waals surface area contributed by atoms with Crippen LogP contribution < -0.4 is 4.74 Å². The summed E-state index contributed by atoms with van der Waals surface area (Å²) in [5.74, 6) is -1.45. The molecule has 22 heavy (non-hydrogen) atoms. The van der Waals surface area contributed by atoms with Gasteiger partial charge in [0, 0.05) is 6.07 Å². The first-order valence-electron chi connectivity index (χ1n) is 5.83.